The predicted molar refractivity (Wildman–Crippen MR) is 104 cm³/mol. The SMILES string of the molecule is O=C(O)CCCCCC(CNS(=O)(=O)c1ccc(Cl)cc1)c1cccnc1. The summed E-state index contributed by atoms with van der Waals surface area (Å²) in [5.74, 6) is -0.833. The number of hydrogen-bond donors (Lipinski definition) is 2. The molecule has 0 fully saturated rings. The number of aromatic nitrogens is 1. The van der Waals surface area contributed by atoms with Gasteiger partial charge >= 0.3 is 5.97 Å². The molecule has 0 radical (unpaired) electrons. The first-order valence-electron chi connectivity index (χ1n) is 8.75. The third-order valence-corrected chi connectivity index (χ3v) is 5.93. The van der Waals surface area contributed by atoms with Crippen molar-refractivity contribution in [1.29, 1.82) is 0 Å². The van der Waals surface area contributed by atoms with Gasteiger partial charge in [-0.15, -0.1) is 0 Å². The van der Waals surface area contributed by atoms with Crippen LogP contribution in [0, 0.1) is 0 Å². The van der Waals surface area contributed by atoms with E-state index in [1.807, 2.05) is 12.1 Å². The molecule has 0 bridgehead atoms. The van der Waals surface area contributed by atoms with Crippen molar-refractivity contribution in [1.82, 2.24) is 9.71 Å². The Morgan fingerprint density at radius 1 is 1.15 bits per heavy atom. The van der Waals surface area contributed by atoms with Crippen molar-refractivity contribution < 1.29 is 18.3 Å². The van der Waals surface area contributed by atoms with Gasteiger partial charge in [-0.3, -0.25) is 9.78 Å². The van der Waals surface area contributed by atoms with Crippen LogP contribution in [0.3, 0.4) is 0 Å². The summed E-state index contributed by atoms with van der Waals surface area (Å²) in [6.45, 7) is 0.246. The first-order chi connectivity index (χ1) is 12.9. The van der Waals surface area contributed by atoms with Crippen molar-refractivity contribution in [3.05, 3.63) is 59.4 Å². The summed E-state index contributed by atoms with van der Waals surface area (Å²) >= 11 is 5.81. The van der Waals surface area contributed by atoms with Gasteiger partial charge in [-0.2, -0.15) is 0 Å². The smallest absolute Gasteiger partial charge is 0.303 e. The highest BCUT2D eigenvalue weighted by molar-refractivity contribution is 7.89. The lowest BCUT2D eigenvalue weighted by Crippen LogP contribution is -2.28. The fourth-order valence-corrected chi connectivity index (χ4v) is 3.96. The monoisotopic (exact) mass is 410 g/mol. The number of carboxylic acid groups (broad SMARTS) is 1. The van der Waals surface area contributed by atoms with E-state index in [9.17, 15) is 13.2 Å². The molecule has 1 heterocycles. The van der Waals surface area contributed by atoms with Gasteiger partial charge in [0.2, 0.25) is 10.0 Å². The number of pyridine rings is 1. The molecule has 0 aliphatic heterocycles. The maximum Gasteiger partial charge on any atom is 0.303 e. The van der Waals surface area contributed by atoms with Crippen molar-refractivity contribution in [3.8, 4) is 0 Å². The minimum Gasteiger partial charge on any atom is -0.481 e. The predicted octanol–water partition coefficient (Wildman–Crippen LogP) is 3.83. The van der Waals surface area contributed by atoms with Gasteiger partial charge in [0.15, 0.2) is 0 Å². The quantitative estimate of drug-likeness (QED) is 0.549. The highest BCUT2D eigenvalue weighted by Crippen LogP contribution is 2.22. The number of hydrogen-bond acceptors (Lipinski definition) is 4. The normalized spacial score (nSPS) is 12.6. The van der Waals surface area contributed by atoms with E-state index >= 15 is 0 Å². The number of carbonyl (C=O) groups is 1. The van der Waals surface area contributed by atoms with E-state index in [0.717, 1.165) is 24.8 Å². The number of nitrogens with zero attached hydrogens (tertiary/aromatic N) is 1. The molecule has 0 saturated carbocycles. The van der Waals surface area contributed by atoms with Crippen LogP contribution in [0.25, 0.3) is 0 Å². The molecule has 2 aromatic rings. The minimum absolute atomic E-state index is 0.0365. The second-order valence-corrected chi connectivity index (χ2v) is 8.49. The fourth-order valence-electron chi connectivity index (χ4n) is 2.76. The summed E-state index contributed by atoms with van der Waals surface area (Å²) in [6, 6.07) is 9.76. The molecule has 1 aromatic carbocycles. The minimum atomic E-state index is -3.63. The Morgan fingerprint density at radius 2 is 1.89 bits per heavy atom. The molecule has 8 heteroatoms. The van der Waals surface area contributed by atoms with E-state index < -0.39 is 16.0 Å². The number of halogens is 1. The number of benzene rings is 1. The lowest BCUT2D eigenvalue weighted by molar-refractivity contribution is -0.137. The van der Waals surface area contributed by atoms with E-state index in [0.29, 0.717) is 11.4 Å². The van der Waals surface area contributed by atoms with Crippen LogP contribution in [0.4, 0.5) is 0 Å². The molecule has 0 saturated heterocycles. The highest BCUT2D eigenvalue weighted by Gasteiger charge is 2.18. The zero-order valence-electron chi connectivity index (χ0n) is 14.8. The van der Waals surface area contributed by atoms with Crippen molar-refractivity contribution in [3.63, 3.8) is 0 Å². The topological polar surface area (TPSA) is 96.4 Å². The molecule has 1 aromatic heterocycles. The maximum absolute atomic E-state index is 12.5. The second kappa shape index (κ2) is 10.4. The number of aliphatic carboxylic acids is 1. The van der Waals surface area contributed by atoms with Crippen molar-refractivity contribution in [2.45, 2.75) is 42.9 Å². The zero-order valence-corrected chi connectivity index (χ0v) is 16.4. The second-order valence-electron chi connectivity index (χ2n) is 6.28. The summed E-state index contributed by atoms with van der Waals surface area (Å²) in [6.07, 6.45) is 6.52. The summed E-state index contributed by atoms with van der Waals surface area (Å²) in [5, 5.41) is 9.18. The van der Waals surface area contributed by atoms with Crippen LogP contribution < -0.4 is 4.72 Å². The first-order valence-corrected chi connectivity index (χ1v) is 10.6. The maximum atomic E-state index is 12.5. The highest BCUT2D eigenvalue weighted by atomic mass is 35.5. The van der Waals surface area contributed by atoms with Crippen LogP contribution in [0.1, 0.15) is 43.6 Å². The van der Waals surface area contributed by atoms with E-state index in [2.05, 4.69) is 9.71 Å². The molecule has 27 heavy (non-hydrogen) atoms. The molecule has 146 valence electrons. The lowest BCUT2D eigenvalue weighted by Gasteiger charge is -2.18. The van der Waals surface area contributed by atoms with Gasteiger partial charge in [0.1, 0.15) is 0 Å². The van der Waals surface area contributed by atoms with Crippen LogP contribution in [0.2, 0.25) is 5.02 Å². The van der Waals surface area contributed by atoms with Crippen LogP contribution in [-0.4, -0.2) is 31.0 Å². The third-order valence-electron chi connectivity index (χ3n) is 4.24. The van der Waals surface area contributed by atoms with Crippen LogP contribution >= 0.6 is 11.6 Å². The molecule has 2 N–H and O–H groups in total. The summed E-state index contributed by atoms with van der Waals surface area (Å²) in [5.41, 5.74) is 0.953. The Kier molecular flexibility index (Phi) is 8.22. The molecule has 0 spiro atoms. The Balaban J connectivity index is 1.99. The average Bonchev–Trinajstić information content (AvgIpc) is 2.64. The number of nitrogens with one attached hydrogen (secondary N) is 1. The molecule has 2 rings (SSSR count). The molecule has 1 atom stereocenters. The van der Waals surface area contributed by atoms with E-state index in [1.165, 1.54) is 24.3 Å². The summed E-state index contributed by atoms with van der Waals surface area (Å²) < 4.78 is 27.7. The van der Waals surface area contributed by atoms with Crippen molar-refractivity contribution >= 4 is 27.6 Å². The van der Waals surface area contributed by atoms with Crippen LogP contribution in [0.5, 0.6) is 0 Å². The van der Waals surface area contributed by atoms with Crippen LogP contribution in [0.15, 0.2) is 53.7 Å². The standard InChI is InChI=1S/C19H23ClN2O4S/c20-17-8-10-18(11-9-17)27(25,26)22-14-16(15-6-4-12-21-13-15)5-2-1-3-7-19(23)24/h4,6,8-13,16,22H,1-3,5,7,14H2,(H,23,24). The zero-order chi connectivity index (χ0) is 19.7. The number of unbranched alkanes of at least 4 members (excludes halogenated alkanes) is 2. The Morgan fingerprint density at radius 3 is 2.52 bits per heavy atom. The van der Waals surface area contributed by atoms with Crippen LogP contribution in [-0.2, 0) is 14.8 Å². The Bertz CT molecular complexity index is 827. The van der Waals surface area contributed by atoms with Gasteiger partial charge in [-0.25, -0.2) is 13.1 Å². The fraction of sp³-hybridized carbons (Fsp3) is 0.368. The first kappa shape index (κ1) is 21.3. The van der Waals surface area contributed by atoms with Gasteiger partial charge in [-0.1, -0.05) is 30.5 Å². The summed E-state index contributed by atoms with van der Waals surface area (Å²) in [4.78, 5) is 14.9. The molecular formula is C19H23ClN2O4S. The molecule has 0 amide bonds. The Hall–Kier alpha value is -1.96. The largest absolute Gasteiger partial charge is 0.481 e. The molecule has 0 aliphatic rings. The molecule has 6 nitrogen and oxygen atoms in total. The van der Waals surface area contributed by atoms with E-state index in [-0.39, 0.29) is 23.8 Å². The lowest BCUT2D eigenvalue weighted by atomic mass is 9.94. The number of sulfonamides is 1. The Labute approximate surface area is 164 Å². The molecule has 1 unspecified atom stereocenters. The van der Waals surface area contributed by atoms with Gasteiger partial charge in [0, 0.05) is 30.4 Å². The van der Waals surface area contributed by atoms with Gasteiger partial charge in [-0.05, 0) is 54.7 Å². The number of carboxylic acids is 1. The van der Waals surface area contributed by atoms with Crippen molar-refractivity contribution in [2.24, 2.45) is 0 Å². The summed E-state index contributed by atoms with van der Waals surface area (Å²) in [7, 11) is -3.63. The van der Waals surface area contributed by atoms with Gasteiger partial charge < -0.3 is 5.11 Å². The van der Waals surface area contributed by atoms with E-state index in [1.54, 1.807) is 12.4 Å². The molecular weight excluding hydrogens is 388 g/mol. The van der Waals surface area contributed by atoms with Crippen molar-refractivity contribution in [2.75, 3.05) is 6.54 Å². The average molecular weight is 411 g/mol. The third kappa shape index (κ3) is 7.28. The number of rotatable bonds is 11. The van der Waals surface area contributed by atoms with Gasteiger partial charge in [0.25, 0.3) is 0 Å². The van der Waals surface area contributed by atoms with Gasteiger partial charge in [0.05, 0.1) is 4.90 Å². The molecule has 0 aliphatic carbocycles. The van der Waals surface area contributed by atoms with E-state index in [4.69, 9.17) is 16.7 Å².